The second-order valence-electron chi connectivity index (χ2n) is 21.4. The lowest BCUT2D eigenvalue weighted by Crippen LogP contribution is -2.12. The third-order valence-electron chi connectivity index (χ3n) is 16.1. The van der Waals surface area contributed by atoms with Gasteiger partial charge in [0.25, 0.3) is 0 Å². The summed E-state index contributed by atoms with van der Waals surface area (Å²) < 4.78 is 0. The molecule has 4 heterocycles. The number of pyridine rings is 4. The summed E-state index contributed by atoms with van der Waals surface area (Å²) in [6.07, 6.45) is 0. The Balaban J connectivity index is 0.945. The van der Waals surface area contributed by atoms with Crippen LogP contribution in [-0.4, -0.2) is 19.9 Å². The van der Waals surface area contributed by atoms with E-state index in [4.69, 9.17) is 19.9 Å². The molecule has 6 nitrogen and oxygen atoms in total. The Morgan fingerprint density at radius 3 is 0.835 bits per heavy atom. The van der Waals surface area contributed by atoms with E-state index in [-0.39, 0.29) is 0 Å². The molecule has 0 spiro atoms. The number of hydrogen-bond acceptors (Lipinski definition) is 6. The first kappa shape index (κ1) is 50.6. The Hall–Kier alpha value is -11.3. The van der Waals surface area contributed by atoms with Gasteiger partial charge in [-0.1, -0.05) is 231 Å². The minimum absolute atomic E-state index is 0.794. The van der Waals surface area contributed by atoms with Gasteiger partial charge in [0.05, 0.1) is 33.5 Å². The first-order valence-corrected chi connectivity index (χ1v) is 28.8. The van der Waals surface area contributed by atoms with Crippen LogP contribution in [0.15, 0.2) is 309 Å². The van der Waals surface area contributed by atoms with Crippen LogP contribution in [0.1, 0.15) is 5.56 Å². The summed E-state index contributed by atoms with van der Waals surface area (Å²) in [6, 6.07) is 109. The third kappa shape index (κ3) is 9.48. The first-order valence-electron chi connectivity index (χ1n) is 28.8. The van der Waals surface area contributed by atoms with Crippen molar-refractivity contribution in [2.45, 2.75) is 6.92 Å². The molecule has 15 rings (SSSR count). The second-order valence-corrected chi connectivity index (χ2v) is 21.4. The molecule has 0 fully saturated rings. The highest BCUT2D eigenvalue weighted by molar-refractivity contribution is 6.15. The van der Waals surface area contributed by atoms with Crippen LogP contribution < -0.4 is 9.80 Å². The molecule has 0 saturated heterocycles. The van der Waals surface area contributed by atoms with E-state index in [1.165, 1.54) is 0 Å². The zero-order chi connectivity index (χ0) is 56.6. The number of fused-ring (bicyclic) bond motifs is 6. The molecule has 0 radical (unpaired) electrons. The van der Waals surface area contributed by atoms with Crippen LogP contribution in [-0.2, 0) is 0 Å². The molecule has 0 N–H and O–H groups in total. The van der Waals surface area contributed by atoms with Crippen LogP contribution >= 0.6 is 0 Å². The average Bonchev–Trinajstić information content (AvgIpc) is 1.73. The van der Waals surface area contributed by atoms with E-state index in [1.807, 2.05) is 0 Å². The van der Waals surface area contributed by atoms with Gasteiger partial charge >= 0.3 is 0 Å². The van der Waals surface area contributed by atoms with Gasteiger partial charge in [0, 0.05) is 55.4 Å². The fraction of sp³-hybridized carbons (Fsp3) is 0.0127. The molecule has 0 aliphatic rings. The number of para-hydroxylation sites is 4. The van der Waals surface area contributed by atoms with E-state index in [0.29, 0.717) is 0 Å². The molecule has 0 unspecified atom stereocenters. The van der Waals surface area contributed by atoms with Crippen LogP contribution in [0, 0.1) is 6.92 Å². The summed E-state index contributed by atoms with van der Waals surface area (Å²) in [7, 11) is 0. The number of anilines is 6. The van der Waals surface area contributed by atoms with Crippen LogP contribution in [0.5, 0.6) is 0 Å². The standard InChI is InChI=1S/C79H54N6/c1-53-48-58(72-49-68(54-26-10-2-11-27-54)64-44-46-66-70(56-30-14-4-15-31-56)51-74(82-78(66)76(64)80-72)84(59-34-18-6-19-35-59)60-36-20-7-21-37-60)42-43-63(53)73-50-69(55-28-12-3-13-29-55)65-45-47-67-71(57-32-16-5-17-33-57)52-75(83-79(67)77(65)81-73)85(61-38-22-8-23-39-61)62-40-24-9-25-41-62/h2-52H,1H3. The minimum Gasteiger partial charge on any atom is -0.295 e. The molecule has 4 aromatic heterocycles. The minimum atomic E-state index is 0.794. The van der Waals surface area contributed by atoms with Gasteiger partial charge in [-0.3, -0.25) is 9.80 Å². The van der Waals surface area contributed by atoms with Crippen molar-refractivity contribution in [1.82, 2.24) is 19.9 Å². The average molecular weight is 1090 g/mol. The quantitative estimate of drug-likeness (QED) is 0.114. The molecule has 0 amide bonds. The number of nitrogens with zero attached hydrogens (tertiary/aromatic N) is 6. The van der Waals surface area contributed by atoms with Gasteiger partial charge in [0.15, 0.2) is 0 Å². The number of rotatable bonds is 12. The van der Waals surface area contributed by atoms with Gasteiger partial charge < -0.3 is 0 Å². The molecule has 0 bridgehead atoms. The molecule has 400 valence electrons. The monoisotopic (exact) mass is 1090 g/mol. The highest BCUT2D eigenvalue weighted by atomic mass is 15.2. The molecule has 0 saturated carbocycles. The molecular formula is C79H54N6. The van der Waals surface area contributed by atoms with Crippen molar-refractivity contribution in [2.24, 2.45) is 0 Å². The number of hydrogen-bond donors (Lipinski definition) is 0. The van der Waals surface area contributed by atoms with Crippen LogP contribution in [0.3, 0.4) is 0 Å². The Morgan fingerprint density at radius 1 is 0.224 bits per heavy atom. The molecule has 0 atom stereocenters. The summed E-state index contributed by atoms with van der Waals surface area (Å²) in [4.78, 5) is 27.3. The maximum Gasteiger partial charge on any atom is 0.138 e. The fourth-order valence-electron chi connectivity index (χ4n) is 12.1. The SMILES string of the molecule is Cc1cc(-c2cc(-c3ccccc3)c3ccc4c(-c5ccccc5)cc(N(c5ccccc5)c5ccccc5)nc4c3n2)ccc1-c1cc(-c2ccccc2)c2ccc3c(-c4ccccc4)cc(N(c4ccccc4)c4ccccc4)nc3c2n1. The fourth-order valence-corrected chi connectivity index (χ4v) is 12.1. The summed E-state index contributed by atoms with van der Waals surface area (Å²) in [6.45, 7) is 2.19. The Bertz CT molecular complexity index is 4840. The molecule has 85 heavy (non-hydrogen) atoms. The zero-order valence-corrected chi connectivity index (χ0v) is 46.6. The van der Waals surface area contributed by atoms with Gasteiger partial charge in [-0.2, -0.15) is 0 Å². The lowest BCUT2D eigenvalue weighted by atomic mass is 9.92. The van der Waals surface area contributed by atoms with Gasteiger partial charge in [-0.25, -0.2) is 19.9 Å². The Kier molecular flexibility index (Phi) is 13.0. The maximum absolute atomic E-state index is 5.72. The predicted molar refractivity (Wildman–Crippen MR) is 354 cm³/mol. The van der Waals surface area contributed by atoms with Gasteiger partial charge in [-0.05, 0) is 136 Å². The second kappa shape index (κ2) is 21.9. The number of aromatic nitrogens is 4. The summed E-state index contributed by atoms with van der Waals surface area (Å²) in [5, 5.41) is 4.09. The van der Waals surface area contributed by atoms with Crippen molar-refractivity contribution in [3.05, 3.63) is 315 Å². The lowest BCUT2D eigenvalue weighted by Gasteiger charge is -2.26. The summed E-state index contributed by atoms with van der Waals surface area (Å²) in [5.41, 5.74) is 20.8. The van der Waals surface area contributed by atoms with Crippen molar-refractivity contribution < 1.29 is 0 Å². The molecule has 15 aromatic rings. The molecule has 0 aliphatic carbocycles. The lowest BCUT2D eigenvalue weighted by molar-refractivity contribution is 1.21. The first-order chi connectivity index (χ1) is 42.1. The van der Waals surface area contributed by atoms with Crippen LogP contribution in [0.25, 0.3) is 111 Å². The predicted octanol–water partition coefficient (Wildman–Crippen LogP) is 21.1. The molecule has 0 aliphatic heterocycles. The highest BCUT2D eigenvalue weighted by Gasteiger charge is 2.24. The van der Waals surface area contributed by atoms with Crippen molar-refractivity contribution in [3.63, 3.8) is 0 Å². The zero-order valence-electron chi connectivity index (χ0n) is 46.6. The van der Waals surface area contributed by atoms with E-state index in [9.17, 15) is 0 Å². The van der Waals surface area contributed by atoms with Crippen LogP contribution in [0.2, 0.25) is 0 Å². The van der Waals surface area contributed by atoms with E-state index in [2.05, 4.69) is 326 Å². The number of benzene rings is 11. The van der Waals surface area contributed by atoms with Gasteiger partial charge in [-0.15, -0.1) is 0 Å². The van der Waals surface area contributed by atoms with Crippen molar-refractivity contribution >= 4 is 78.0 Å². The Labute approximate surface area is 493 Å². The van der Waals surface area contributed by atoms with E-state index >= 15 is 0 Å². The molecular weight excluding hydrogens is 1030 g/mol. The smallest absolute Gasteiger partial charge is 0.138 e. The normalized spacial score (nSPS) is 11.4. The van der Waals surface area contributed by atoms with Crippen molar-refractivity contribution in [1.29, 1.82) is 0 Å². The van der Waals surface area contributed by atoms with E-state index in [0.717, 1.165) is 151 Å². The van der Waals surface area contributed by atoms with Crippen LogP contribution in [0.4, 0.5) is 34.4 Å². The summed E-state index contributed by atoms with van der Waals surface area (Å²) >= 11 is 0. The summed E-state index contributed by atoms with van der Waals surface area (Å²) in [5.74, 6) is 1.59. The largest absolute Gasteiger partial charge is 0.295 e. The maximum atomic E-state index is 5.72. The number of aryl methyl sites for hydroxylation is 1. The molecule has 11 aromatic carbocycles. The van der Waals surface area contributed by atoms with Crippen molar-refractivity contribution in [2.75, 3.05) is 9.80 Å². The van der Waals surface area contributed by atoms with E-state index in [1.54, 1.807) is 0 Å². The highest BCUT2D eigenvalue weighted by Crippen LogP contribution is 2.45. The van der Waals surface area contributed by atoms with Gasteiger partial charge in [0.2, 0.25) is 0 Å². The topological polar surface area (TPSA) is 58.0 Å². The van der Waals surface area contributed by atoms with Crippen molar-refractivity contribution in [3.8, 4) is 67.0 Å². The van der Waals surface area contributed by atoms with E-state index < -0.39 is 0 Å². The Morgan fingerprint density at radius 2 is 0.506 bits per heavy atom. The third-order valence-corrected chi connectivity index (χ3v) is 16.1. The van der Waals surface area contributed by atoms with Gasteiger partial charge in [0.1, 0.15) is 11.6 Å². The molecule has 6 heteroatoms.